The van der Waals surface area contributed by atoms with Gasteiger partial charge >= 0.3 is 0 Å². The van der Waals surface area contributed by atoms with Gasteiger partial charge in [-0.1, -0.05) is 30.3 Å². The van der Waals surface area contributed by atoms with E-state index in [0.717, 1.165) is 27.6 Å². The fourth-order valence-corrected chi connectivity index (χ4v) is 2.65. The molecule has 106 valence electrons. The fraction of sp³-hybridized carbons (Fsp3) is 0.118. The first-order valence-corrected chi connectivity index (χ1v) is 6.76. The third kappa shape index (κ3) is 2.51. The molecule has 0 radical (unpaired) electrons. The van der Waals surface area contributed by atoms with E-state index in [0.29, 0.717) is 0 Å². The highest BCUT2D eigenvalue weighted by Crippen LogP contribution is 2.28. The van der Waals surface area contributed by atoms with Crippen molar-refractivity contribution in [2.24, 2.45) is 5.84 Å². The molecule has 2 aromatic carbocycles. The first kappa shape index (κ1) is 13.7. The number of benzene rings is 2. The monoisotopic (exact) mass is 281 g/mol. The van der Waals surface area contributed by atoms with Crippen molar-refractivity contribution in [3.8, 4) is 0 Å². The highest BCUT2D eigenvalue weighted by molar-refractivity contribution is 5.85. The Bertz CT molecular complexity index is 781. The number of nitrogens with two attached hydrogens (primary N) is 1. The van der Waals surface area contributed by atoms with E-state index in [-0.39, 0.29) is 11.9 Å². The maximum Gasteiger partial charge on any atom is 0.123 e. The lowest BCUT2D eigenvalue weighted by Crippen LogP contribution is -2.30. The summed E-state index contributed by atoms with van der Waals surface area (Å²) in [4.78, 5) is 4.48. The number of aromatic nitrogens is 1. The molecule has 1 atom stereocenters. The molecule has 1 aromatic heterocycles. The van der Waals surface area contributed by atoms with E-state index in [9.17, 15) is 4.39 Å². The minimum atomic E-state index is -0.281. The van der Waals surface area contributed by atoms with Crippen LogP contribution in [0.3, 0.4) is 0 Å². The molecular weight excluding hydrogens is 265 g/mol. The van der Waals surface area contributed by atoms with Gasteiger partial charge < -0.3 is 0 Å². The Hall–Kier alpha value is -2.30. The number of hydrogen-bond acceptors (Lipinski definition) is 3. The van der Waals surface area contributed by atoms with E-state index in [1.54, 1.807) is 12.3 Å². The van der Waals surface area contributed by atoms with Crippen molar-refractivity contribution in [1.29, 1.82) is 0 Å². The normalized spacial score (nSPS) is 12.5. The lowest BCUT2D eigenvalue weighted by molar-refractivity contribution is 0.607. The zero-order valence-electron chi connectivity index (χ0n) is 11.7. The average Bonchev–Trinajstić information content (AvgIpc) is 2.50. The Kier molecular flexibility index (Phi) is 3.64. The van der Waals surface area contributed by atoms with E-state index < -0.39 is 0 Å². The van der Waals surface area contributed by atoms with Gasteiger partial charge in [0.1, 0.15) is 5.82 Å². The Morgan fingerprint density at radius 3 is 2.71 bits per heavy atom. The van der Waals surface area contributed by atoms with Crippen LogP contribution in [-0.4, -0.2) is 4.98 Å². The molecule has 0 saturated heterocycles. The molecular formula is C17H16FN3. The number of rotatable bonds is 3. The van der Waals surface area contributed by atoms with Crippen LogP contribution in [-0.2, 0) is 0 Å². The summed E-state index contributed by atoms with van der Waals surface area (Å²) < 4.78 is 13.3. The lowest BCUT2D eigenvalue weighted by atomic mass is 9.95. The highest BCUT2D eigenvalue weighted by Gasteiger charge is 2.18. The maximum atomic E-state index is 13.3. The van der Waals surface area contributed by atoms with Gasteiger partial charge in [0.05, 0.1) is 11.7 Å². The van der Waals surface area contributed by atoms with Crippen molar-refractivity contribution in [1.82, 2.24) is 10.4 Å². The summed E-state index contributed by atoms with van der Waals surface area (Å²) in [6, 6.07) is 14.4. The van der Waals surface area contributed by atoms with Crippen LogP contribution in [0.5, 0.6) is 0 Å². The molecule has 0 aliphatic rings. The molecule has 0 amide bonds. The SMILES string of the molecule is Cc1cc(F)ccc1C(NN)c1nccc2ccccc12. The van der Waals surface area contributed by atoms with Crippen molar-refractivity contribution >= 4 is 10.8 Å². The van der Waals surface area contributed by atoms with Gasteiger partial charge in [0.25, 0.3) is 0 Å². The minimum absolute atomic E-state index is 0.252. The van der Waals surface area contributed by atoms with Crippen LogP contribution in [0.4, 0.5) is 4.39 Å². The van der Waals surface area contributed by atoms with Gasteiger partial charge in [-0.25, -0.2) is 9.82 Å². The molecule has 1 heterocycles. The van der Waals surface area contributed by atoms with Gasteiger partial charge in [0, 0.05) is 11.6 Å². The molecule has 3 N–H and O–H groups in total. The Morgan fingerprint density at radius 1 is 1.14 bits per heavy atom. The second-order valence-electron chi connectivity index (χ2n) is 5.02. The molecule has 0 fully saturated rings. The average molecular weight is 281 g/mol. The number of fused-ring (bicyclic) bond motifs is 1. The summed E-state index contributed by atoms with van der Waals surface area (Å²) >= 11 is 0. The molecule has 0 bridgehead atoms. The largest absolute Gasteiger partial charge is 0.271 e. The van der Waals surface area contributed by atoms with Crippen molar-refractivity contribution in [2.45, 2.75) is 13.0 Å². The van der Waals surface area contributed by atoms with Crippen LogP contribution < -0.4 is 11.3 Å². The predicted molar refractivity (Wildman–Crippen MR) is 82.0 cm³/mol. The molecule has 4 heteroatoms. The topological polar surface area (TPSA) is 50.9 Å². The number of hydrogen-bond donors (Lipinski definition) is 2. The zero-order valence-corrected chi connectivity index (χ0v) is 11.7. The van der Waals surface area contributed by atoms with Crippen molar-refractivity contribution in [2.75, 3.05) is 0 Å². The Balaban J connectivity index is 2.18. The second kappa shape index (κ2) is 5.60. The van der Waals surface area contributed by atoms with Crippen LogP contribution in [0.1, 0.15) is 22.9 Å². The number of hydrazine groups is 1. The maximum absolute atomic E-state index is 13.3. The van der Waals surface area contributed by atoms with Crippen LogP contribution >= 0.6 is 0 Å². The van der Waals surface area contributed by atoms with Gasteiger partial charge in [-0.2, -0.15) is 0 Å². The quantitative estimate of drug-likeness (QED) is 0.572. The number of halogens is 1. The molecule has 0 spiro atoms. The lowest BCUT2D eigenvalue weighted by Gasteiger charge is -2.19. The van der Waals surface area contributed by atoms with Crippen LogP contribution in [0, 0.1) is 12.7 Å². The Labute approximate surface area is 122 Å². The van der Waals surface area contributed by atoms with Gasteiger partial charge in [-0.15, -0.1) is 0 Å². The highest BCUT2D eigenvalue weighted by atomic mass is 19.1. The molecule has 1 unspecified atom stereocenters. The molecule has 21 heavy (non-hydrogen) atoms. The van der Waals surface area contributed by atoms with Crippen LogP contribution in [0.25, 0.3) is 10.8 Å². The van der Waals surface area contributed by atoms with Gasteiger partial charge in [-0.05, 0) is 41.6 Å². The summed E-state index contributed by atoms with van der Waals surface area (Å²) in [5.74, 6) is 5.50. The van der Waals surface area contributed by atoms with E-state index in [4.69, 9.17) is 5.84 Å². The number of nitrogens with one attached hydrogen (secondary N) is 1. The van der Waals surface area contributed by atoms with Crippen molar-refractivity contribution < 1.29 is 4.39 Å². The van der Waals surface area contributed by atoms with E-state index in [1.807, 2.05) is 37.3 Å². The molecule has 3 rings (SSSR count). The number of pyridine rings is 1. The third-order valence-corrected chi connectivity index (χ3v) is 3.69. The van der Waals surface area contributed by atoms with Crippen LogP contribution in [0.15, 0.2) is 54.7 Å². The van der Waals surface area contributed by atoms with E-state index in [1.165, 1.54) is 12.1 Å². The van der Waals surface area contributed by atoms with Gasteiger partial charge in [0.2, 0.25) is 0 Å². The van der Waals surface area contributed by atoms with E-state index >= 15 is 0 Å². The summed E-state index contributed by atoms with van der Waals surface area (Å²) in [5, 5.41) is 2.13. The molecule has 0 aliphatic carbocycles. The first-order chi connectivity index (χ1) is 10.2. The first-order valence-electron chi connectivity index (χ1n) is 6.76. The summed E-state index contributed by atoms with van der Waals surface area (Å²) in [7, 11) is 0. The summed E-state index contributed by atoms with van der Waals surface area (Å²) in [5.41, 5.74) is 5.40. The fourth-order valence-electron chi connectivity index (χ4n) is 2.65. The van der Waals surface area contributed by atoms with Gasteiger partial charge in [0.15, 0.2) is 0 Å². The van der Waals surface area contributed by atoms with E-state index in [2.05, 4.69) is 10.4 Å². The van der Waals surface area contributed by atoms with Crippen molar-refractivity contribution in [3.05, 3.63) is 77.4 Å². The number of aryl methyl sites for hydroxylation is 1. The second-order valence-corrected chi connectivity index (χ2v) is 5.02. The van der Waals surface area contributed by atoms with Crippen molar-refractivity contribution in [3.63, 3.8) is 0 Å². The molecule has 3 nitrogen and oxygen atoms in total. The molecule has 0 aliphatic heterocycles. The standard InChI is InChI=1S/C17H16FN3/c1-11-10-13(18)6-7-14(11)17(21-19)16-15-5-3-2-4-12(15)8-9-20-16/h2-10,17,21H,19H2,1H3. The minimum Gasteiger partial charge on any atom is -0.271 e. The number of nitrogens with zero attached hydrogens (tertiary/aromatic N) is 1. The smallest absolute Gasteiger partial charge is 0.123 e. The summed E-state index contributed by atoms with van der Waals surface area (Å²) in [6.45, 7) is 1.87. The molecule has 0 saturated carbocycles. The predicted octanol–water partition coefficient (Wildman–Crippen LogP) is 3.24. The zero-order chi connectivity index (χ0) is 14.8. The molecule has 3 aromatic rings. The van der Waals surface area contributed by atoms with Gasteiger partial charge in [-0.3, -0.25) is 10.8 Å². The third-order valence-electron chi connectivity index (χ3n) is 3.69. The van der Waals surface area contributed by atoms with Crippen LogP contribution in [0.2, 0.25) is 0 Å². The Morgan fingerprint density at radius 2 is 1.95 bits per heavy atom. The summed E-state index contributed by atoms with van der Waals surface area (Å²) in [6.07, 6.45) is 1.76.